The van der Waals surface area contributed by atoms with Gasteiger partial charge in [-0.2, -0.15) is 5.10 Å². The van der Waals surface area contributed by atoms with Crippen molar-refractivity contribution in [2.45, 2.75) is 19.2 Å². The van der Waals surface area contributed by atoms with Gasteiger partial charge in [0.1, 0.15) is 25.0 Å². The number of aliphatic hydroxyl groups excluding tert-OH is 1. The van der Waals surface area contributed by atoms with E-state index in [1.54, 1.807) is 10.9 Å². The van der Waals surface area contributed by atoms with Crippen LogP contribution < -0.4 is 4.74 Å². The van der Waals surface area contributed by atoms with Gasteiger partial charge in [0.05, 0.1) is 6.20 Å². The van der Waals surface area contributed by atoms with E-state index in [-0.39, 0.29) is 6.61 Å². The van der Waals surface area contributed by atoms with Crippen LogP contribution in [0.4, 0.5) is 0 Å². The average molecular weight is 349 g/mol. The highest BCUT2D eigenvalue weighted by Crippen LogP contribution is 2.25. The molecule has 3 aromatic rings. The standard InChI is InChI=1S/C21H23N3O2/c1-3-11-24-14-17(12-22-24)13-23(2)15-19(25)16-26-21-10-6-8-18-7-4-5-9-20(18)21/h1,4-10,12,14,19,25H,11,13,15-16H2,2H3. The Labute approximate surface area is 153 Å². The van der Waals surface area contributed by atoms with Crippen LogP contribution in [0.5, 0.6) is 5.75 Å². The van der Waals surface area contributed by atoms with E-state index >= 15 is 0 Å². The summed E-state index contributed by atoms with van der Waals surface area (Å²) in [6.07, 6.45) is 8.43. The van der Waals surface area contributed by atoms with Crippen molar-refractivity contribution >= 4 is 10.8 Å². The molecule has 1 unspecified atom stereocenters. The number of benzene rings is 2. The van der Waals surface area contributed by atoms with Gasteiger partial charge in [0, 0.05) is 30.2 Å². The minimum absolute atomic E-state index is 0.245. The van der Waals surface area contributed by atoms with Gasteiger partial charge >= 0.3 is 0 Å². The molecule has 134 valence electrons. The molecule has 5 heteroatoms. The largest absolute Gasteiger partial charge is 0.490 e. The van der Waals surface area contributed by atoms with E-state index < -0.39 is 6.10 Å². The van der Waals surface area contributed by atoms with Gasteiger partial charge in [-0.25, -0.2) is 0 Å². The van der Waals surface area contributed by atoms with Gasteiger partial charge in [-0.15, -0.1) is 6.42 Å². The van der Waals surface area contributed by atoms with Crippen LogP contribution >= 0.6 is 0 Å². The number of terminal acetylenes is 1. The Morgan fingerprint density at radius 3 is 2.92 bits per heavy atom. The van der Waals surface area contributed by atoms with E-state index in [1.165, 1.54) is 0 Å². The Hall–Kier alpha value is -2.81. The zero-order valence-corrected chi connectivity index (χ0v) is 14.9. The van der Waals surface area contributed by atoms with Gasteiger partial charge in [0.2, 0.25) is 0 Å². The first kappa shape index (κ1) is 18.0. The summed E-state index contributed by atoms with van der Waals surface area (Å²) in [7, 11) is 1.96. The Bertz CT molecular complexity index is 892. The fourth-order valence-electron chi connectivity index (χ4n) is 2.96. The van der Waals surface area contributed by atoms with Crippen LogP contribution in [0.25, 0.3) is 10.8 Å². The molecule has 1 N–H and O–H groups in total. The lowest BCUT2D eigenvalue weighted by Crippen LogP contribution is -2.32. The summed E-state index contributed by atoms with van der Waals surface area (Å²) in [5.74, 6) is 3.35. The van der Waals surface area contributed by atoms with Gasteiger partial charge in [-0.3, -0.25) is 9.58 Å². The number of likely N-dealkylation sites (N-methyl/N-ethyl adjacent to an activating group) is 1. The molecule has 0 aliphatic heterocycles. The number of aliphatic hydroxyl groups is 1. The molecule has 0 amide bonds. The minimum Gasteiger partial charge on any atom is -0.490 e. The summed E-state index contributed by atoms with van der Waals surface area (Å²) in [6, 6.07) is 14.0. The van der Waals surface area contributed by atoms with Crippen molar-refractivity contribution in [2.75, 3.05) is 20.2 Å². The maximum absolute atomic E-state index is 10.3. The molecule has 5 nitrogen and oxygen atoms in total. The smallest absolute Gasteiger partial charge is 0.127 e. The van der Waals surface area contributed by atoms with Gasteiger partial charge in [0.25, 0.3) is 0 Å². The number of aromatic nitrogens is 2. The second-order valence-electron chi connectivity index (χ2n) is 6.39. The summed E-state index contributed by atoms with van der Waals surface area (Å²) >= 11 is 0. The number of rotatable bonds is 8. The third-order valence-corrected chi connectivity index (χ3v) is 4.10. The summed E-state index contributed by atoms with van der Waals surface area (Å²) in [6.45, 7) is 1.90. The first-order valence-electron chi connectivity index (χ1n) is 8.57. The molecule has 0 aliphatic carbocycles. The topological polar surface area (TPSA) is 50.5 Å². The minimum atomic E-state index is -0.584. The van der Waals surface area contributed by atoms with Crippen molar-refractivity contribution in [3.63, 3.8) is 0 Å². The predicted octanol–water partition coefficient (Wildman–Crippen LogP) is 2.54. The molecule has 1 heterocycles. The number of ether oxygens (including phenoxy) is 1. The Morgan fingerprint density at radius 2 is 2.08 bits per heavy atom. The number of hydrogen-bond donors (Lipinski definition) is 1. The third-order valence-electron chi connectivity index (χ3n) is 4.10. The first-order valence-corrected chi connectivity index (χ1v) is 8.57. The van der Waals surface area contributed by atoms with Crippen LogP contribution in [0.1, 0.15) is 5.56 Å². The van der Waals surface area contributed by atoms with E-state index in [0.29, 0.717) is 19.6 Å². The summed E-state index contributed by atoms with van der Waals surface area (Å²) in [4.78, 5) is 2.04. The molecule has 0 fully saturated rings. The Balaban J connectivity index is 1.51. The van der Waals surface area contributed by atoms with E-state index in [9.17, 15) is 5.11 Å². The second kappa shape index (κ2) is 8.52. The van der Waals surface area contributed by atoms with Gasteiger partial charge in [-0.05, 0) is 18.5 Å². The van der Waals surface area contributed by atoms with Crippen molar-refractivity contribution in [3.05, 3.63) is 60.4 Å². The van der Waals surface area contributed by atoms with E-state index in [0.717, 1.165) is 22.1 Å². The quantitative estimate of drug-likeness (QED) is 0.635. The normalized spacial score (nSPS) is 12.2. The maximum atomic E-state index is 10.3. The van der Waals surface area contributed by atoms with Gasteiger partial charge in [-0.1, -0.05) is 42.3 Å². The molecular weight excluding hydrogens is 326 g/mol. The van der Waals surface area contributed by atoms with E-state index in [2.05, 4.69) is 11.0 Å². The molecule has 0 saturated heterocycles. The highest BCUT2D eigenvalue weighted by atomic mass is 16.5. The molecule has 1 atom stereocenters. The van der Waals surface area contributed by atoms with Crippen molar-refractivity contribution in [1.82, 2.24) is 14.7 Å². The third kappa shape index (κ3) is 4.63. The lowest BCUT2D eigenvalue weighted by atomic mass is 10.1. The van der Waals surface area contributed by atoms with Crippen molar-refractivity contribution in [3.8, 4) is 18.1 Å². The molecule has 26 heavy (non-hydrogen) atoms. The van der Waals surface area contributed by atoms with Crippen LogP contribution in [0, 0.1) is 12.3 Å². The fraction of sp³-hybridized carbons (Fsp3) is 0.286. The molecule has 3 rings (SSSR count). The molecule has 0 bridgehead atoms. The summed E-state index contributed by atoms with van der Waals surface area (Å²) in [5, 5.41) is 16.7. The predicted molar refractivity (Wildman–Crippen MR) is 103 cm³/mol. The number of hydrogen-bond acceptors (Lipinski definition) is 4. The first-order chi connectivity index (χ1) is 12.7. The fourth-order valence-corrected chi connectivity index (χ4v) is 2.96. The van der Waals surface area contributed by atoms with Gasteiger partial charge < -0.3 is 9.84 Å². The summed E-state index contributed by atoms with van der Waals surface area (Å²) < 4.78 is 7.58. The highest BCUT2D eigenvalue weighted by molar-refractivity contribution is 5.88. The van der Waals surface area contributed by atoms with Crippen molar-refractivity contribution in [2.24, 2.45) is 0 Å². The molecule has 2 aromatic carbocycles. The van der Waals surface area contributed by atoms with Crippen LogP contribution in [0.3, 0.4) is 0 Å². The van der Waals surface area contributed by atoms with Gasteiger partial charge in [0.15, 0.2) is 0 Å². The molecule has 0 aliphatic rings. The molecule has 1 aromatic heterocycles. The van der Waals surface area contributed by atoms with Crippen LogP contribution in [0.2, 0.25) is 0 Å². The zero-order valence-electron chi connectivity index (χ0n) is 14.9. The molecule has 0 saturated carbocycles. The second-order valence-corrected chi connectivity index (χ2v) is 6.39. The molecular formula is C21H23N3O2. The SMILES string of the molecule is C#CCn1cc(CN(C)CC(O)COc2cccc3ccccc23)cn1. The Morgan fingerprint density at radius 1 is 1.27 bits per heavy atom. The number of fused-ring (bicyclic) bond motifs is 1. The highest BCUT2D eigenvalue weighted by Gasteiger charge is 2.11. The van der Waals surface area contributed by atoms with Crippen LogP contribution in [-0.4, -0.2) is 46.1 Å². The molecule has 0 radical (unpaired) electrons. The lowest BCUT2D eigenvalue weighted by molar-refractivity contribution is 0.0750. The van der Waals surface area contributed by atoms with Crippen LogP contribution in [0.15, 0.2) is 54.9 Å². The van der Waals surface area contributed by atoms with Crippen LogP contribution in [-0.2, 0) is 13.1 Å². The maximum Gasteiger partial charge on any atom is 0.127 e. The summed E-state index contributed by atoms with van der Waals surface area (Å²) in [5.41, 5.74) is 1.06. The average Bonchev–Trinajstić information content (AvgIpc) is 3.07. The van der Waals surface area contributed by atoms with Crippen molar-refractivity contribution in [1.29, 1.82) is 0 Å². The molecule has 0 spiro atoms. The number of nitrogens with zero attached hydrogens (tertiary/aromatic N) is 3. The Kier molecular flexibility index (Phi) is 5.90. The van der Waals surface area contributed by atoms with E-state index in [4.69, 9.17) is 11.2 Å². The lowest BCUT2D eigenvalue weighted by Gasteiger charge is -2.20. The monoisotopic (exact) mass is 349 g/mol. The van der Waals surface area contributed by atoms with E-state index in [1.807, 2.05) is 60.6 Å². The van der Waals surface area contributed by atoms with Crippen molar-refractivity contribution < 1.29 is 9.84 Å². The zero-order chi connectivity index (χ0) is 18.4.